The average Bonchev–Trinajstić information content (AvgIpc) is 0.798. The molecule has 0 unspecified atom stereocenters. The van der Waals surface area contributed by atoms with Gasteiger partial charge in [0.25, 0.3) is 0 Å². The minimum absolute atomic E-state index is 0.459. The maximum absolute atomic E-state index is 6.20. The fourth-order valence-corrected chi connectivity index (χ4v) is 13.3. The van der Waals surface area contributed by atoms with Crippen molar-refractivity contribution in [2.75, 3.05) is 26.4 Å². The Morgan fingerprint density at radius 3 is 0.575 bits per heavy atom. The van der Waals surface area contributed by atoms with E-state index >= 15 is 0 Å². The Morgan fingerprint density at radius 1 is 0.192 bits per heavy atom. The van der Waals surface area contributed by atoms with Crippen molar-refractivity contribution in [1.82, 2.24) is 29.9 Å². The van der Waals surface area contributed by atoms with Crippen LogP contribution in [0.4, 0.5) is 0 Å². The van der Waals surface area contributed by atoms with Gasteiger partial charge in [0, 0.05) is 137 Å². The summed E-state index contributed by atoms with van der Waals surface area (Å²) in [5.74, 6) is 0. The molecule has 0 atom stereocenters. The van der Waals surface area contributed by atoms with Crippen molar-refractivity contribution in [3.8, 4) is 0 Å². The molecule has 0 spiro atoms. The number of ether oxygens (including phenoxy) is 4. The van der Waals surface area contributed by atoms with E-state index in [9.17, 15) is 0 Å². The Labute approximate surface area is 708 Å². The molecule has 6 aromatic carbocycles. The lowest BCUT2D eigenvalue weighted by atomic mass is 10.1. The molecule has 0 radical (unpaired) electrons. The van der Waals surface area contributed by atoms with Gasteiger partial charge in [-0.25, -0.2) is 9.97 Å². The highest BCUT2D eigenvalue weighted by Crippen LogP contribution is 2.21. The standard InChI is InChI=1S/C110H98N6O4/c1-5-9-13-17-59-117-79-99-67-91-43-35-83-27-29-84(30-28-83)36-44-92-64-96(72-100(68-92)80-118-60-18-14-10-6-2)48-40-89-53-57-105(113-77-89)109-25-22-26-110(116-109)106-58-54-90(78-114-106)42-50-98-66-94(70-102(74-98)82-120-62-20-16-12-8-4)46-38-86-33-31-85(32-34-86)37-45-93-65-97(73-101(69-93)81-119-61-19-15-11-7-3)49-41-88-52-56-104(112-76-88)108-24-21-23-107(115-108)103-55-51-87(75-111-103)39-47-95(63-91)71-99/h21-34,51-58,63-78H,5-20,59-62,79-82H2,1-4H3. The molecule has 24 bridgehead atoms. The summed E-state index contributed by atoms with van der Waals surface area (Å²) in [6.45, 7) is 13.5. The molecule has 0 saturated carbocycles. The van der Waals surface area contributed by atoms with Crippen molar-refractivity contribution in [3.05, 3.63) is 350 Å². The molecule has 22 aromatic rings. The number of unbranched alkanes of at least 4 members (excludes halogenated alkanes) is 12. The Bertz CT molecular complexity index is 5450. The third-order valence-corrected chi connectivity index (χ3v) is 19.8. The van der Waals surface area contributed by atoms with Crippen molar-refractivity contribution in [2.45, 2.75) is 157 Å². The van der Waals surface area contributed by atoms with Gasteiger partial charge in [0.05, 0.1) is 70.6 Å². The topological polar surface area (TPSA) is 114 Å². The highest BCUT2D eigenvalue weighted by atomic mass is 16.5. The maximum atomic E-state index is 6.20. The highest BCUT2D eigenvalue weighted by Gasteiger charge is 2.05. The lowest BCUT2D eigenvalue weighted by molar-refractivity contribution is 0.117. The van der Waals surface area contributed by atoms with Crippen LogP contribution in [0.25, 0.3) is 130 Å². The summed E-state index contributed by atoms with van der Waals surface area (Å²) in [5.41, 5.74) is 9.76. The summed E-state index contributed by atoms with van der Waals surface area (Å²) in [4.78, 5) is 29.4. The fourth-order valence-electron chi connectivity index (χ4n) is 13.3. The first-order chi connectivity index (χ1) is 59.2. The van der Waals surface area contributed by atoms with Crippen molar-refractivity contribution < 1.29 is 18.9 Å². The van der Waals surface area contributed by atoms with E-state index in [2.05, 4.69) is 173 Å². The summed E-state index contributed by atoms with van der Waals surface area (Å²) in [5, 5.41) is 13.2. The van der Waals surface area contributed by atoms with Crippen LogP contribution in [0.2, 0.25) is 0 Å². The largest absolute Gasteiger partial charge is 0.377 e. The minimum atomic E-state index is 0.459. The first-order valence-electron chi connectivity index (χ1n) is 42.2. The smallest absolute Gasteiger partial charge is 0.0894 e. The first-order valence-corrected chi connectivity index (χ1v) is 42.2. The molecular weight excluding hydrogens is 1470 g/mol. The number of pyridine rings is 6. The molecule has 0 fully saturated rings. The molecule has 0 N–H and O–H groups in total. The number of hydrogen-bond donors (Lipinski definition) is 0. The third-order valence-electron chi connectivity index (χ3n) is 19.8. The molecule has 0 aliphatic rings. The van der Waals surface area contributed by atoms with Gasteiger partial charge >= 0.3 is 0 Å². The van der Waals surface area contributed by atoms with Crippen LogP contribution in [0.5, 0.6) is 0 Å². The zero-order valence-electron chi connectivity index (χ0n) is 69.2. The van der Waals surface area contributed by atoms with E-state index in [0.717, 1.165) is 160 Å². The van der Waals surface area contributed by atoms with Crippen molar-refractivity contribution in [1.29, 1.82) is 0 Å². The van der Waals surface area contributed by atoms with E-state index in [4.69, 9.17) is 48.9 Å². The van der Waals surface area contributed by atoms with Gasteiger partial charge in [0.2, 0.25) is 0 Å². The van der Waals surface area contributed by atoms with Gasteiger partial charge in [0.1, 0.15) is 0 Å². The van der Waals surface area contributed by atoms with Crippen LogP contribution in [0, 0.1) is 97.1 Å². The van der Waals surface area contributed by atoms with E-state index in [0.29, 0.717) is 97.0 Å². The first kappa shape index (κ1) is 84.5. The molecule has 0 saturated heterocycles. The molecule has 10 heteroatoms. The van der Waals surface area contributed by atoms with Gasteiger partial charge in [-0.1, -0.05) is 214 Å². The van der Waals surface area contributed by atoms with Gasteiger partial charge in [-0.3, -0.25) is 19.9 Å². The second-order valence-electron chi connectivity index (χ2n) is 29.8. The van der Waals surface area contributed by atoms with Crippen molar-refractivity contribution >= 4 is 130 Å². The molecule has 16 heterocycles. The molecule has 0 amide bonds. The summed E-state index contributed by atoms with van der Waals surface area (Å²) < 4.78 is 24.8. The molecule has 16 aromatic heterocycles. The Balaban J connectivity index is 0.866. The van der Waals surface area contributed by atoms with Crippen LogP contribution in [0.1, 0.15) is 153 Å². The number of hydrogen-bond acceptors (Lipinski definition) is 10. The van der Waals surface area contributed by atoms with Gasteiger partial charge in [-0.15, -0.1) is 0 Å². The van der Waals surface area contributed by atoms with Gasteiger partial charge < -0.3 is 18.9 Å². The van der Waals surface area contributed by atoms with Crippen LogP contribution >= 0.6 is 0 Å². The van der Waals surface area contributed by atoms with E-state index in [-0.39, 0.29) is 0 Å². The zero-order chi connectivity index (χ0) is 82.4. The fraction of sp³-hybridized carbons (Fsp3) is 0.255. The van der Waals surface area contributed by atoms with Gasteiger partial charge in [-0.2, -0.15) is 0 Å². The number of nitrogens with zero attached hydrogens (tertiary/aromatic N) is 6. The second kappa shape index (κ2) is 45.9. The molecule has 0 aliphatic heterocycles. The number of aromatic nitrogens is 6. The predicted molar refractivity (Wildman–Crippen MR) is 490 cm³/mol. The Morgan fingerprint density at radius 2 is 0.383 bits per heavy atom. The Hall–Kier alpha value is -13.5. The van der Waals surface area contributed by atoms with Crippen LogP contribution in [0.15, 0.2) is 231 Å². The summed E-state index contributed by atoms with van der Waals surface area (Å²) >= 11 is 0. The molecule has 120 heavy (non-hydrogen) atoms. The highest BCUT2D eigenvalue weighted by molar-refractivity contribution is 5.84. The van der Waals surface area contributed by atoms with Crippen LogP contribution in [0.3, 0.4) is 0 Å². The predicted octanol–water partition coefficient (Wildman–Crippen LogP) is 26.6. The van der Waals surface area contributed by atoms with E-state index < -0.39 is 0 Å². The maximum Gasteiger partial charge on any atom is 0.0894 e. The van der Waals surface area contributed by atoms with Gasteiger partial charge in [-0.05, 0) is 242 Å². The summed E-state index contributed by atoms with van der Waals surface area (Å²) in [6, 6.07) is 123. The van der Waals surface area contributed by atoms with Crippen LogP contribution in [-0.2, 0) is 45.4 Å². The summed E-state index contributed by atoms with van der Waals surface area (Å²) in [6.07, 6.45) is 25.3. The molecule has 0 aliphatic carbocycles. The summed E-state index contributed by atoms with van der Waals surface area (Å²) in [7, 11) is 0. The van der Waals surface area contributed by atoms with Crippen molar-refractivity contribution in [2.24, 2.45) is 0 Å². The zero-order valence-corrected chi connectivity index (χ0v) is 69.2. The molecule has 592 valence electrons. The van der Waals surface area contributed by atoms with Crippen molar-refractivity contribution in [3.63, 3.8) is 0 Å². The lowest BCUT2D eigenvalue weighted by Gasteiger charge is -2.04. The SMILES string of the molecule is CCCCCCOCc1cc2c#cc3ccc(c#cc4cc(COCCCCCC)cc(c#cc5ccc(nc5)c5cccc(n5)c5ccc(c#cc6cc(COCCCCCC)cc(c#cc7ccc(c#cc8cc(COCCCCCC)cc(c#cc9ccc(nc9)c9cccc(n9)c9ccc(c#cc(c1)c2)cn9)c8)cc7)c6)cn5)c4)cc3. The third kappa shape index (κ3) is 27.3. The van der Waals surface area contributed by atoms with Crippen LogP contribution < -0.4 is 0 Å². The quantitative estimate of drug-likeness (QED) is 0.0439. The number of rotatable bonds is 28. The monoisotopic (exact) mass is 1570 g/mol. The molecule has 22 rings (SSSR count). The van der Waals surface area contributed by atoms with Gasteiger partial charge in [0.15, 0.2) is 0 Å². The lowest BCUT2D eigenvalue weighted by Crippen LogP contribution is -1.95. The second-order valence-corrected chi connectivity index (χ2v) is 29.8. The number of benzene rings is 6. The van der Waals surface area contributed by atoms with E-state index in [1.54, 1.807) is 24.8 Å². The average molecular weight is 1570 g/mol. The van der Waals surface area contributed by atoms with Crippen LogP contribution in [-0.4, -0.2) is 56.3 Å². The minimum Gasteiger partial charge on any atom is -0.377 e. The van der Waals surface area contributed by atoms with E-state index in [1.165, 1.54) is 51.4 Å². The molecule has 10 nitrogen and oxygen atoms in total. The Kier molecular flexibility index (Phi) is 32.3. The van der Waals surface area contributed by atoms with E-state index in [1.807, 2.05) is 158 Å². The molecular formula is C110H98N6O4. The normalized spacial score (nSPS) is 10.6.